The number of benzene rings is 1. The van der Waals surface area contributed by atoms with Crippen molar-refractivity contribution < 1.29 is 23.5 Å². The summed E-state index contributed by atoms with van der Waals surface area (Å²) >= 11 is 0. The van der Waals surface area contributed by atoms with Gasteiger partial charge in [-0.25, -0.2) is 8.78 Å². The van der Waals surface area contributed by atoms with Crippen LogP contribution in [0.5, 0.6) is 0 Å². The molecule has 0 saturated heterocycles. The highest BCUT2D eigenvalue weighted by molar-refractivity contribution is 5.95. The monoisotopic (exact) mass is 271 g/mol. The standard InChI is InChI=1S/C13H15F2NO3/c1-2-4-8(7-11(17)18)16-13(19)12-9(14)5-3-6-10(12)15/h3,5-6,8H,2,4,7H2,1H3,(H,16,19)(H,17,18). The molecule has 1 atom stereocenters. The van der Waals surface area contributed by atoms with Crippen molar-refractivity contribution in [1.82, 2.24) is 5.32 Å². The Kier molecular flexibility index (Phi) is 5.41. The summed E-state index contributed by atoms with van der Waals surface area (Å²) in [6.45, 7) is 1.82. The molecule has 4 nitrogen and oxygen atoms in total. The molecule has 0 heterocycles. The molecule has 0 fully saturated rings. The molecule has 1 amide bonds. The third-order valence-corrected chi connectivity index (χ3v) is 2.58. The van der Waals surface area contributed by atoms with Crippen LogP contribution < -0.4 is 5.32 Å². The molecule has 19 heavy (non-hydrogen) atoms. The lowest BCUT2D eigenvalue weighted by Crippen LogP contribution is -2.37. The first-order valence-electron chi connectivity index (χ1n) is 5.92. The lowest BCUT2D eigenvalue weighted by atomic mass is 10.1. The minimum Gasteiger partial charge on any atom is -0.481 e. The second kappa shape index (κ2) is 6.82. The third-order valence-electron chi connectivity index (χ3n) is 2.58. The van der Waals surface area contributed by atoms with E-state index in [1.54, 1.807) is 0 Å². The Morgan fingerprint density at radius 1 is 1.32 bits per heavy atom. The van der Waals surface area contributed by atoms with Gasteiger partial charge in [0.25, 0.3) is 5.91 Å². The summed E-state index contributed by atoms with van der Waals surface area (Å²) in [5, 5.41) is 11.1. The minimum absolute atomic E-state index is 0.282. The molecular weight excluding hydrogens is 256 g/mol. The van der Waals surface area contributed by atoms with Crippen LogP contribution in [-0.2, 0) is 4.79 Å². The van der Waals surface area contributed by atoms with Gasteiger partial charge in [-0.1, -0.05) is 19.4 Å². The summed E-state index contributed by atoms with van der Waals surface area (Å²) in [5.41, 5.74) is -0.686. The van der Waals surface area contributed by atoms with Gasteiger partial charge in [0.15, 0.2) is 0 Å². The van der Waals surface area contributed by atoms with E-state index in [0.717, 1.165) is 18.2 Å². The maximum absolute atomic E-state index is 13.4. The summed E-state index contributed by atoms with van der Waals surface area (Å²) in [5.74, 6) is -3.95. The zero-order chi connectivity index (χ0) is 14.4. The first-order chi connectivity index (χ1) is 8.95. The quantitative estimate of drug-likeness (QED) is 0.834. The fourth-order valence-corrected chi connectivity index (χ4v) is 1.76. The lowest BCUT2D eigenvalue weighted by Gasteiger charge is -2.16. The number of amides is 1. The van der Waals surface area contributed by atoms with E-state index >= 15 is 0 Å². The molecule has 0 aliphatic carbocycles. The van der Waals surface area contributed by atoms with E-state index in [4.69, 9.17) is 5.11 Å². The molecule has 0 radical (unpaired) electrons. The number of nitrogens with one attached hydrogen (secondary N) is 1. The average Bonchev–Trinajstić information content (AvgIpc) is 2.27. The normalized spacial score (nSPS) is 11.9. The van der Waals surface area contributed by atoms with Crippen LogP contribution in [0.25, 0.3) is 0 Å². The lowest BCUT2D eigenvalue weighted by molar-refractivity contribution is -0.137. The van der Waals surface area contributed by atoms with Gasteiger partial charge in [-0.3, -0.25) is 9.59 Å². The van der Waals surface area contributed by atoms with Crippen LogP contribution in [0.15, 0.2) is 18.2 Å². The van der Waals surface area contributed by atoms with Gasteiger partial charge < -0.3 is 10.4 Å². The Morgan fingerprint density at radius 3 is 2.37 bits per heavy atom. The van der Waals surface area contributed by atoms with Gasteiger partial charge in [-0.15, -0.1) is 0 Å². The number of carbonyl (C=O) groups is 2. The van der Waals surface area contributed by atoms with Crippen molar-refractivity contribution >= 4 is 11.9 Å². The summed E-state index contributed by atoms with van der Waals surface area (Å²) < 4.78 is 26.8. The molecule has 0 bridgehead atoms. The van der Waals surface area contributed by atoms with Crippen LogP contribution in [0.1, 0.15) is 36.5 Å². The number of halogens is 2. The van der Waals surface area contributed by atoms with Crippen LogP contribution in [0.2, 0.25) is 0 Å². The van der Waals surface area contributed by atoms with Gasteiger partial charge in [-0.05, 0) is 18.6 Å². The summed E-state index contributed by atoms with van der Waals surface area (Å²) in [6.07, 6.45) is 0.793. The minimum atomic E-state index is -1.08. The van der Waals surface area contributed by atoms with Crippen molar-refractivity contribution in [2.75, 3.05) is 0 Å². The van der Waals surface area contributed by atoms with E-state index in [-0.39, 0.29) is 6.42 Å². The van der Waals surface area contributed by atoms with Gasteiger partial charge >= 0.3 is 5.97 Å². The van der Waals surface area contributed by atoms with Crippen LogP contribution in [0.3, 0.4) is 0 Å². The van der Waals surface area contributed by atoms with Crippen molar-refractivity contribution in [1.29, 1.82) is 0 Å². The second-order valence-corrected chi connectivity index (χ2v) is 4.15. The topological polar surface area (TPSA) is 66.4 Å². The van der Waals surface area contributed by atoms with E-state index < -0.39 is 35.1 Å². The molecule has 0 saturated carbocycles. The van der Waals surface area contributed by atoms with Gasteiger partial charge in [0, 0.05) is 6.04 Å². The van der Waals surface area contributed by atoms with E-state index in [9.17, 15) is 18.4 Å². The van der Waals surface area contributed by atoms with Crippen molar-refractivity contribution in [2.45, 2.75) is 32.2 Å². The van der Waals surface area contributed by atoms with E-state index in [0.29, 0.717) is 12.8 Å². The molecule has 1 aromatic rings. The SMILES string of the molecule is CCCC(CC(=O)O)NC(=O)c1c(F)cccc1F. The van der Waals surface area contributed by atoms with Gasteiger partial charge in [-0.2, -0.15) is 0 Å². The zero-order valence-corrected chi connectivity index (χ0v) is 10.5. The average molecular weight is 271 g/mol. The van der Waals surface area contributed by atoms with Gasteiger partial charge in [0.05, 0.1) is 6.42 Å². The Labute approximate surface area is 109 Å². The number of aliphatic carboxylic acids is 1. The molecule has 6 heteroatoms. The Morgan fingerprint density at radius 2 is 1.89 bits per heavy atom. The number of carboxylic acid groups (broad SMARTS) is 1. The largest absolute Gasteiger partial charge is 0.481 e. The number of rotatable bonds is 6. The number of hydrogen-bond donors (Lipinski definition) is 2. The molecular formula is C13H15F2NO3. The molecule has 0 aromatic heterocycles. The fraction of sp³-hybridized carbons (Fsp3) is 0.385. The summed E-state index contributed by atoms with van der Waals surface area (Å²) in [7, 11) is 0. The van der Waals surface area contributed by atoms with Crippen molar-refractivity contribution in [2.24, 2.45) is 0 Å². The zero-order valence-electron chi connectivity index (χ0n) is 10.5. The molecule has 2 N–H and O–H groups in total. The van der Waals surface area contributed by atoms with Crippen molar-refractivity contribution in [3.05, 3.63) is 35.4 Å². The predicted molar refractivity (Wildman–Crippen MR) is 64.8 cm³/mol. The molecule has 1 unspecified atom stereocenters. The second-order valence-electron chi connectivity index (χ2n) is 4.15. The van der Waals surface area contributed by atoms with Crippen LogP contribution >= 0.6 is 0 Å². The number of carbonyl (C=O) groups excluding carboxylic acids is 1. The van der Waals surface area contributed by atoms with E-state index in [1.165, 1.54) is 0 Å². The van der Waals surface area contributed by atoms with Crippen LogP contribution in [0, 0.1) is 11.6 Å². The Balaban J connectivity index is 2.84. The van der Waals surface area contributed by atoms with E-state index in [1.807, 2.05) is 6.92 Å². The molecule has 1 aromatic carbocycles. The molecule has 0 aliphatic rings. The first kappa shape index (κ1) is 15.1. The smallest absolute Gasteiger partial charge is 0.305 e. The van der Waals surface area contributed by atoms with Crippen LogP contribution in [0.4, 0.5) is 8.78 Å². The van der Waals surface area contributed by atoms with Crippen molar-refractivity contribution in [3.63, 3.8) is 0 Å². The first-order valence-corrected chi connectivity index (χ1v) is 5.92. The maximum atomic E-state index is 13.4. The van der Waals surface area contributed by atoms with Gasteiger partial charge in [0.2, 0.25) is 0 Å². The maximum Gasteiger partial charge on any atom is 0.305 e. The Bertz CT molecular complexity index is 457. The summed E-state index contributed by atoms with van der Waals surface area (Å²) in [6, 6.07) is 2.46. The van der Waals surface area contributed by atoms with Crippen molar-refractivity contribution in [3.8, 4) is 0 Å². The van der Waals surface area contributed by atoms with Gasteiger partial charge in [0.1, 0.15) is 17.2 Å². The molecule has 104 valence electrons. The Hall–Kier alpha value is -1.98. The highest BCUT2D eigenvalue weighted by Crippen LogP contribution is 2.13. The van der Waals surface area contributed by atoms with E-state index in [2.05, 4.69) is 5.32 Å². The third kappa shape index (κ3) is 4.31. The number of carboxylic acids is 1. The molecule has 0 aliphatic heterocycles. The molecule has 1 rings (SSSR count). The van der Waals surface area contributed by atoms with Crippen LogP contribution in [-0.4, -0.2) is 23.0 Å². The predicted octanol–water partition coefficient (Wildman–Crippen LogP) is 2.34. The number of hydrogen-bond acceptors (Lipinski definition) is 2. The molecule has 0 spiro atoms. The highest BCUT2D eigenvalue weighted by Gasteiger charge is 2.21. The fourth-order valence-electron chi connectivity index (χ4n) is 1.76. The highest BCUT2D eigenvalue weighted by atomic mass is 19.1. The summed E-state index contributed by atoms with van der Waals surface area (Å²) in [4.78, 5) is 22.4.